The van der Waals surface area contributed by atoms with Crippen molar-refractivity contribution in [3.8, 4) is 11.1 Å². The highest BCUT2D eigenvalue weighted by Crippen LogP contribution is 2.50. The summed E-state index contributed by atoms with van der Waals surface area (Å²) in [5.74, 6) is 0. The zero-order valence-corrected chi connectivity index (χ0v) is 27.7. The Morgan fingerprint density at radius 1 is 0.872 bits per heavy atom. The average Bonchev–Trinajstić information content (AvgIpc) is 3.51. The highest BCUT2D eigenvalue weighted by molar-refractivity contribution is 5.91. The molecule has 0 amide bonds. The molecule has 0 saturated carbocycles. The fourth-order valence-corrected chi connectivity index (χ4v) is 7.47. The molecule has 3 aliphatic carbocycles. The van der Waals surface area contributed by atoms with E-state index in [9.17, 15) is 0 Å². The Morgan fingerprint density at radius 2 is 1.66 bits per heavy atom. The second-order valence-electron chi connectivity index (χ2n) is 12.3. The number of hydrogen-bond donors (Lipinski definition) is 0. The summed E-state index contributed by atoms with van der Waals surface area (Å²) in [6, 6.07) is 26.2. The molecule has 6 rings (SSSR count). The van der Waals surface area contributed by atoms with Gasteiger partial charge in [0.25, 0.3) is 0 Å². The van der Waals surface area contributed by atoms with E-state index in [1.807, 2.05) is 31.5 Å². The van der Waals surface area contributed by atoms with E-state index in [-0.39, 0.29) is 0 Å². The van der Waals surface area contributed by atoms with Gasteiger partial charge in [-0.3, -0.25) is 4.99 Å². The van der Waals surface area contributed by atoms with Crippen molar-refractivity contribution in [1.29, 1.82) is 0 Å². The largest absolute Gasteiger partial charge is 0.265 e. The van der Waals surface area contributed by atoms with Crippen molar-refractivity contribution in [1.82, 2.24) is 0 Å². The number of nitrogens with zero attached hydrogens (tertiary/aromatic N) is 1. The summed E-state index contributed by atoms with van der Waals surface area (Å²) in [6.07, 6.45) is 27.2. The van der Waals surface area contributed by atoms with Crippen LogP contribution in [0.15, 0.2) is 192 Å². The summed E-state index contributed by atoms with van der Waals surface area (Å²) in [5.41, 5.74) is 15.2. The first-order chi connectivity index (χ1) is 23.0. The summed E-state index contributed by atoms with van der Waals surface area (Å²) in [6.45, 7) is 17.8. The van der Waals surface area contributed by atoms with Crippen LogP contribution in [0.4, 0.5) is 0 Å². The monoisotopic (exact) mass is 609 g/mol. The first kappa shape index (κ1) is 31.7. The molecular formula is C46H43N. The maximum Gasteiger partial charge on any atom is 0.0670 e. The van der Waals surface area contributed by atoms with Crippen LogP contribution in [0.5, 0.6) is 0 Å². The SMILES string of the molecule is C=CC(=C\C(=C/C)c1cccc2c1-c1ccccc1C2)/C1=C/CC2=C(CCC=C2)C(C(=C)C=N/C=C\C)(c2ccccc2)C(=C)/C=C\1. The maximum atomic E-state index is 4.76. The Bertz CT molecular complexity index is 1980. The Balaban J connectivity index is 1.47. The third-order valence-electron chi connectivity index (χ3n) is 9.67. The molecule has 0 saturated heterocycles. The van der Waals surface area contributed by atoms with Crippen LogP contribution in [-0.2, 0) is 11.8 Å². The number of rotatable bonds is 8. The molecule has 0 fully saturated rings. The smallest absolute Gasteiger partial charge is 0.0670 e. The van der Waals surface area contributed by atoms with Gasteiger partial charge in [0, 0.05) is 12.4 Å². The van der Waals surface area contributed by atoms with Gasteiger partial charge in [-0.15, -0.1) is 0 Å². The molecule has 0 heterocycles. The quantitative estimate of drug-likeness (QED) is 0.139. The zero-order valence-electron chi connectivity index (χ0n) is 27.7. The Morgan fingerprint density at radius 3 is 2.45 bits per heavy atom. The standard InChI is InChI=1S/C46H43N/c1-6-29-47-32-34(5)46(41-20-10-9-11-21-41)33(4)25-26-37(27-28-38-17-13-15-24-44(38)46)35(7-2)30-36(8-3)42-23-16-19-40-31-39-18-12-14-22-43(39)45(40)42/h6-14,16-23,25-27,29-30,32H,2,4-5,15,24,28,31H2,1,3H3/b26-25-,29-6-,35-30+,36-8+,37-27+,47-32?. The molecule has 0 aromatic heterocycles. The van der Waals surface area contributed by atoms with Crippen molar-refractivity contribution < 1.29 is 0 Å². The summed E-state index contributed by atoms with van der Waals surface area (Å²) in [7, 11) is 0. The summed E-state index contributed by atoms with van der Waals surface area (Å²) in [4.78, 5) is 4.60. The molecule has 0 bridgehead atoms. The summed E-state index contributed by atoms with van der Waals surface area (Å²) >= 11 is 0. The molecule has 47 heavy (non-hydrogen) atoms. The van der Waals surface area contributed by atoms with Crippen LogP contribution < -0.4 is 0 Å². The number of benzene rings is 3. The predicted molar refractivity (Wildman–Crippen MR) is 204 cm³/mol. The van der Waals surface area contributed by atoms with Gasteiger partial charge in [0.1, 0.15) is 0 Å². The second kappa shape index (κ2) is 14.0. The van der Waals surface area contributed by atoms with Crippen molar-refractivity contribution in [2.45, 2.75) is 44.9 Å². The van der Waals surface area contributed by atoms with Gasteiger partial charge in [0.05, 0.1) is 5.41 Å². The van der Waals surface area contributed by atoms with E-state index < -0.39 is 5.41 Å². The first-order valence-corrected chi connectivity index (χ1v) is 16.6. The van der Waals surface area contributed by atoms with E-state index in [1.165, 1.54) is 44.5 Å². The minimum absolute atomic E-state index is 0.614. The van der Waals surface area contributed by atoms with Gasteiger partial charge in [-0.25, -0.2) is 0 Å². The minimum atomic E-state index is -0.614. The lowest BCUT2D eigenvalue weighted by Gasteiger charge is -2.41. The molecule has 3 aromatic rings. The molecule has 0 radical (unpaired) electrons. The molecule has 1 heteroatoms. The van der Waals surface area contributed by atoms with Gasteiger partial charge in [-0.1, -0.05) is 141 Å². The van der Waals surface area contributed by atoms with Crippen LogP contribution in [0.2, 0.25) is 0 Å². The highest BCUT2D eigenvalue weighted by atomic mass is 14.7. The van der Waals surface area contributed by atoms with Gasteiger partial charge in [0.2, 0.25) is 0 Å². The van der Waals surface area contributed by atoms with Crippen LogP contribution in [0, 0.1) is 0 Å². The van der Waals surface area contributed by atoms with E-state index in [0.717, 1.165) is 53.5 Å². The van der Waals surface area contributed by atoms with Crippen LogP contribution in [0.3, 0.4) is 0 Å². The molecule has 1 nitrogen and oxygen atoms in total. The lowest BCUT2D eigenvalue weighted by molar-refractivity contribution is 0.675. The molecular weight excluding hydrogens is 567 g/mol. The topological polar surface area (TPSA) is 12.4 Å². The Labute approximate surface area is 281 Å². The van der Waals surface area contributed by atoms with Gasteiger partial charge >= 0.3 is 0 Å². The summed E-state index contributed by atoms with van der Waals surface area (Å²) < 4.78 is 0. The predicted octanol–water partition coefficient (Wildman–Crippen LogP) is 12.0. The highest BCUT2D eigenvalue weighted by Gasteiger charge is 2.42. The van der Waals surface area contributed by atoms with Gasteiger partial charge < -0.3 is 0 Å². The number of fused-ring (bicyclic) bond motifs is 3. The van der Waals surface area contributed by atoms with Gasteiger partial charge in [-0.05, 0) is 118 Å². The second-order valence-corrected chi connectivity index (χ2v) is 12.3. The van der Waals surface area contributed by atoms with Gasteiger partial charge in [-0.2, -0.15) is 0 Å². The van der Waals surface area contributed by atoms with E-state index in [2.05, 4.69) is 140 Å². The minimum Gasteiger partial charge on any atom is -0.265 e. The third kappa shape index (κ3) is 5.90. The van der Waals surface area contributed by atoms with Crippen molar-refractivity contribution >= 4 is 11.8 Å². The normalized spacial score (nSPS) is 21.4. The van der Waals surface area contributed by atoms with E-state index in [0.29, 0.717) is 0 Å². The maximum absolute atomic E-state index is 4.76. The van der Waals surface area contributed by atoms with E-state index >= 15 is 0 Å². The zero-order chi connectivity index (χ0) is 32.8. The Hall–Kier alpha value is -5.27. The van der Waals surface area contributed by atoms with E-state index in [4.69, 9.17) is 6.58 Å². The van der Waals surface area contributed by atoms with Crippen LogP contribution in [0.1, 0.15) is 55.4 Å². The third-order valence-corrected chi connectivity index (χ3v) is 9.67. The lowest BCUT2D eigenvalue weighted by Crippen LogP contribution is -2.34. The first-order valence-electron chi connectivity index (χ1n) is 16.6. The number of allylic oxidation sites excluding steroid dienone is 16. The fourth-order valence-electron chi connectivity index (χ4n) is 7.47. The number of aliphatic imine (C=N–C) groups is 1. The molecule has 3 aliphatic rings. The summed E-state index contributed by atoms with van der Waals surface area (Å²) in [5, 5.41) is 0. The molecule has 0 aliphatic heterocycles. The van der Waals surface area contributed by atoms with Crippen molar-refractivity contribution in [3.05, 3.63) is 209 Å². The van der Waals surface area contributed by atoms with Crippen molar-refractivity contribution in [2.75, 3.05) is 0 Å². The lowest BCUT2D eigenvalue weighted by atomic mass is 9.61. The molecule has 3 aromatic carbocycles. The molecule has 0 spiro atoms. The van der Waals surface area contributed by atoms with Crippen molar-refractivity contribution in [2.24, 2.45) is 4.99 Å². The molecule has 232 valence electrons. The van der Waals surface area contributed by atoms with Crippen LogP contribution in [0.25, 0.3) is 16.7 Å². The molecule has 0 N–H and O–H groups in total. The number of hydrogen-bond acceptors (Lipinski definition) is 1. The molecule has 1 atom stereocenters. The average molecular weight is 610 g/mol. The van der Waals surface area contributed by atoms with Crippen LogP contribution in [-0.4, -0.2) is 6.21 Å². The van der Waals surface area contributed by atoms with Crippen LogP contribution >= 0.6 is 0 Å². The van der Waals surface area contributed by atoms with E-state index in [1.54, 1.807) is 0 Å². The van der Waals surface area contributed by atoms with Gasteiger partial charge in [0.15, 0.2) is 0 Å². The van der Waals surface area contributed by atoms with Crippen molar-refractivity contribution in [3.63, 3.8) is 0 Å². The molecule has 1 unspecified atom stereocenters. The fraction of sp³-hybridized carbons (Fsp3) is 0.152. The Kier molecular flexibility index (Phi) is 9.45.